The number of benzene rings is 1. The van der Waals surface area contributed by atoms with Gasteiger partial charge in [0.1, 0.15) is 11.7 Å². The molecule has 4 nitrogen and oxygen atoms in total. The van der Waals surface area contributed by atoms with Crippen LogP contribution in [0, 0.1) is 36.0 Å². The molecule has 1 unspecified atom stereocenters. The Bertz CT molecular complexity index is 845. The van der Waals surface area contributed by atoms with E-state index in [-0.39, 0.29) is 5.69 Å². The van der Waals surface area contributed by atoms with Crippen molar-refractivity contribution in [2.45, 2.75) is 26.1 Å². The molecule has 1 heterocycles. The van der Waals surface area contributed by atoms with Crippen molar-refractivity contribution < 1.29 is 39.9 Å². The lowest BCUT2D eigenvalue weighted by atomic mass is 10.2. The molecule has 1 aromatic heterocycles. The molecule has 1 atom stereocenters. The zero-order chi connectivity index (χ0) is 20.0. The third kappa shape index (κ3) is 3.35. The van der Waals surface area contributed by atoms with Gasteiger partial charge in [-0.3, -0.25) is 9.48 Å². The minimum atomic E-state index is -4.80. The highest BCUT2D eigenvalue weighted by atomic mass is 19.4. The van der Waals surface area contributed by atoms with Crippen molar-refractivity contribution >= 4 is 11.6 Å². The maximum atomic E-state index is 13.6. The summed E-state index contributed by atoms with van der Waals surface area (Å²) in [4.78, 5) is 12.0. The predicted molar refractivity (Wildman–Crippen MR) is 71.5 cm³/mol. The number of aryl methyl sites for hydroxylation is 1. The van der Waals surface area contributed by atoms with Crippen LogP contribution < -0.4 is 5.32 Å². The van der Waals surface area contributed by atoms with Crippen LogP contribution >= 0.6 is 0 Å². The molecule has 0 spiro atoms. The van der Waals surface area contributed by atoms with E-state index in [1.54, 1.807) is 0 Å². The first-order valence-corrected chi connectivity index (χ1v) is 6.81. The number of carbonyl (C=O) groups excluding carboxylic acids is 1. The zero-order valence-electron chi connectivity index (χ0n) is 13.0. The van der Waals surface area contributed by atoms with Gasteiger partial charge in [0.2, 0.25) is 11.7 Å². The quantitative estimate of drug-likeness (QED) is 0.490. The molecular formula is C14H9F8N3O. The maximum absolute atomic E-state index is 13.6. The van der Waals surface area contributed by atoms with Crippen LogP contribution in [0.1, 0.15) is 24.4 Å². The highest BCUT2D eigenvalue weighted by Crippen LogP contribution is 2.30. The molecule has 1 N–H and O–H groups in total. The summed E-state index contributed by atoms with van der Waals surface area (Å²) in [7, 11) is 0. The Kier molecular flexibility index (Phi) is 4.97. The Balaban J connectivity index is 2.36. The number of nitrogens with zero attached hydrogens (tertiary/aromatic N) is 2. The van der Waals surface area contributed by atoms with Crippen LogP contribution in [0.5, 0.6) is 0 Å². The molecule has 0 fully saturated rings. The first kappa shape index (κ1) is 19.7. The zero-order valence-corrected chi connectivity index (χ0v) is 13.0. The van der Waals surface area contributed by atoms with Gasteiger partial charge >= 0.3 is 6.18 Å². The molecule has 2 aromatic rings. The van der Waals surface area contributed by atoms with Gasteiger partial charge in [0.15, 0.2) is 29.0 Å². The summed E-state index contributed by atoms with van der Waals surface area (Å²) in [6, 6.07) is -0.914. The Morgan fingerprint density at radius 1 is 1.04 bits per heavy atom. The fourth-order valence-corrected chi connectivity index (χ4v) is 2.07. The molecule has 0 aliphatic rings. The molecule has 0 radical (unpaired) electrons. The van der Waals surface area contributed by atoms with Crippen molar-refractivity contribution in [2.75, 3.05) is 5.32 Å². The number of nitrogens with one attached hydrogen (secondary N) is 1. The van der Waals surface area contributed by atoms with Gasteiger partial charge in [-0.15, -0.1) is 0 Å². The second kappa shape index (κ2) is 6.57. The number of hydrogen-bond donors (Lipinski definition) is 1. The van der Waals surface area contributed by atoms with E-state index in [1.807, 2.05) is 0 Å². The van der Waals surface area contributed by atoms with Gasteiger partial charge in [0.05, 0.1) is 0 Å². The monoisotopic (exact) mass is 387 g/mol. The molecule has 0 aliphatic carbocycles. The second-order valence-corrected chi connectivity index (χ2v) is 5.22. The minimum absolute atomic E-state index is 0.114. The van der Waals surface area contributed by atoms with Crippen LogP contribution in [0.4, 0.5) is 40.8 Å². The lowest BCUT2D eigenvalue weighted by Crippen LogP contribution is -2.27. The number of rotatable bonds is 3. The number of halogens is 8. The Hall–Kier alpha value is -2.66. The van der Waals surface area contributed by atoms with Crippen LogP contribution in [-0.4, -0.2) is 15.7 Å². The first-order chi connectivity index (χ1) is 11.9. The van der Waals surface area contributed by atoms with Gasteiger partial charge < -0.3 is 5.32 Å². The van der Waals surface area contributed by atoms with Crippen molar-refractivity contribution in [3.05, 3.63) is 46.5 Å². The van der Waals surface area contributed by atoms with Gasteiger partial charge in [0.25, 0.3) is 0 Å². The van der Waals surface area contributed by atoms with Crippen LogP contribution in [0.3, 0.4) is 0 Å². The number of amides is 1. The van der Waals surface area contributed by atoms with E-state index in [9.17, 15) is 39.9 Å². The molecule has 1 amide bonds. The van der Waals surface area contributed by atoms with Gasteiger partial charge in [-0.05, 0) is 19.9 Å². The molecule has 1 aromatic carbocycles. The predicted octanol–water partition coefficient (Wildman–Crippen LogP) is 4.11. The first-order valence-electron chi connectivity index (χ1n) is 6.81. The van der Waals surface area contributed by atoms with Gasteiger partial charge in [-0.2, -0.15) is 18.3 Å². The SMILES string of the molecule is Cc1cc(C(F)(F)F)nn1C(C)C(=O)Nc1c(F)c(F)c(F)c(F)c1F. The highest BCUT2D eigenvalue weighted by molar-refractivity contribution is 5.93. The third-order valence-electron chi connectivity index (χ3n) is 3.42. The Morgan fingerprint density at radius 2 is 1.50 bits per heavy atom. The summed E-state index contributed by atoms with van der Waals surface area (Å²) in [6.45, 7) is 2.21. The van der Waals surface area contributed by atoms with Crippen molar-refractivity contribution in [3.8, 4) is 0 Å². The summed E-state index contributed by atoms with van der Waals surface area (Å²) < 4.78 is 105. The normalized spacial score (nSPS) is 13.0. The molecular weight excluding hydrogens is 378 g/mol. The lowest BCUT2D eigenvalue weighted by Gasteiger charge is -2.16. The number of aromatic nitrogens is 2. The molecule has 0 bridgehead atoms. The van der Waals surface area contributed by atoms with Gasteiger partial charge in [0, 0.05) is 5.69 Å². The van der Waals surface area contributed by atoms with Crippen molar-refractivity contribution in [1.29, 1.82) is 0 Å². The highest BCUT2D eigenvalue weighted by Gasteiger charge is 2.36. The summed E-state index contributed by atoms with van der Waals surface area (Å²) in [5, 5.41) is 4.66. The van der Waals surface area contributed by atoms with E-state index in [0.717, 1.165) is 6.92 Å². The van der Waals surface area contributed by atoms with E-state index in [2.05, 4.69) is 5.10 Å². The smallest absolute Gasteiger partial charge is 0.319 e. The average molecular weight is 387 g/mol. The number of hydrogen-bond acceptors (Lipinski definition) is 2. The third-order valence-corrected chi connectivity index (χ3v) is 3.42. The van der Waals surface area contributed by atoms with E-state index in [1.165, 1.54) is 12.2 Å². The van der Waals surface area contributed by atoms with Crippen molar-refractivity contribution in [2.24, 2.45) is 0 Å². The van der Waals surface area contributed by atoms with E-state index in [0.29, 0.717) is 10.7 Å². The van der Waals surface area contributed by atoms with Crippen molar-refractivity contribution in [1.82, 2.24) is 9.78 Å². The molecule has 2 rings (SSSR count). The van der Waals surface area contributed by atoms with Crippen LogP contribution in [0.15, 0.2) is 6.07 Å². The number of carbonyl (C=O) groups is 1. The molecule has 12 heteroatoms. The largest absolute Gasteiger partial charge is 0.435 e. The summed E-state index contributed by atoms with van der Waals surface area (Å²) in [6.07, 6.45) is -4.80. The maximum Gasteiger partial charge on any atom is 0.435 e. The summed E-state index contributed by atoms with van der Waals surface area (Å²) in [5.41, 5.74) is -3.04. The Labute approximate surface area is 140 Å². The minimum Gasteiger partial charge on any atom is -0.319 e. The number of anilines is 1. The van der Waals surface area contributed by atoms with Crippen LogP contribution in [-0.2, 0) is 11.0 Å². The van der Waals surface area contributed by atoms with Crippen LogP contribution in [0.25, 0.3) is 0 Å². The topological polar surface area (TPSA) is 46.9 Å². The lowest BCUT2D eigenvalue weighted by molar-refractivity contribution is -0.141. The fourth-order valence-electron chi connectivity index (χ4n) is 2.07. The molecule has 142 valence electrons. The standard InChI is InChI=1S/C14H9F8N3O/c1-4-3-6(14(20,21)22)24-25(4)5(2)13(26)23-12-10(18)8(16)7(15)9(17)11(12)19/h3,5H,1-2H3,(H,23,26). The molecule has 0 saturated heterocycles. The van der Waals surface area contributed by atoms with E-state index < -0.39 is 58.6 Å². The fraction of sp³-hybridized carbons (Fsp3) is 0.286. The average Bonchev–Trinajstić information content (AvgIpc) is 2.96. The summed E-state index contributed by atoms with van der Waals surface area (Å²) in [5.74, 6) is -12.9. The van der Waals surface area contributed by atoms with Crippen LogP contribution in [0.2, 0.25) is 0 Å². The second-order valence-electron chi connectivity index (χ2n) is 5.22. The van der Waals surface area contributed by atoms with E-state index >= 15 is 0 Å². The van der Waals surface area contributed by atoms with Gasteiger partial charge in [-0.1, -0.05) is 0 Å². The van der Waals surface area contributed by atoms with E-state index in [4.69, 9.17) is 0 Å². The Morgan fingerprint density at radius 3 is 1.92 bits per heavy atom. The van der Waals surface area contributed by atoms with Crippen molar-refractivity contribution in [3.63, 3.8) is 0 Å². The number of alkyl halides is 3. The molecule has 26 heavy (non-hydrogen) atoms. The van der Waals surface area contributed by atoms with Gasteiger partial charge in [-0.25, -0.2) is 22.0 Å². The molecule has 0 saturated carbocycles. The molecule has 0 aliphatic heterocycles. The summed E-state index contributed by atoms with van der Waals surface area (Å²) >= 11 is 0.